The predicted molar refractivity (Wildman–Crippen MR) is 124 cm³/mol. The minimum atomic E-state index is -3.90. The number of carbonyl (C=O) groups is 2. The first-order chi connectivity index (χ1) is 16.2. The van der Waals surface area contributed by atoms with Crippen molar-refractivity contribution in [2.24, 2.45) is 5.14 Å². The zero-order valence-electron chi connectivity index (χ0n) is 17.6. The number of carbonyl (C=O) groups excluding carboxylic acids is 2. The van der Waals surface area contributed by atoms with Gasteiger partial charge in [0.1, 0.15) is 0 Å². The van der Waals surface area contributed by atoms with E-state index in [9.17, 15) is 22.8 Å². The molecule has 2 amide bonds. The molecule has 0 atom stereocenters. The van der Waals surface area contributed by atoms with Crippen LogP contribution in [0, 0.1) is 0 Å². The summed E-state index contributed by atoms with van der Waals surface area (Å²) in [6, 6.07) is 20.6. The monoisotopic (exact) mass is 477 g/mol. The first-order valence-corrected chi connectivity index (χ1v) is 11.6. The van der Waals surface area contributed by atoms with Crippen molar-refractivity contribution in [1.29, 1.82) is 0 Å². The molecular formula is C23H19N5O5S. The van der Waals surface area contributed by atoms with Gasteiger partial charge in [-0.1, -0.05) is 48.5 Å². The molecule has 4 rings (SSSR count). The molecule has 0 aliphatic heterocycles. The summed E-state index contributed by atoms with van der Waals surface area (Å²) in [4.78, 5) is 38.0. The summed E-state index contributed by atoms with van der Waals surface area (Å²) in [5.74, 6) is -1.41. The Morgan fingerprint density at radius 3 is 2.06 bits per heavy atom. The van der Waals surface area contributed by atoms with Gasteiger partial charge in [0.25, 0.3) is 17.4 Å². The number of benzene rings is 3. The van der Waals surface area contributed by atoms with Crippen molar-refractivity contribution >= 4 is 32.6 Å². The Kier molecular flexibility index (Phi) is 6.21. The third-order valence-electron chi connectivity index (χ3n) is 4.99. The second kappa shape index (κ2) is 9.25. The highest BCUT2D eigenvalue weighted by Gasteiger charge is 2.18. The third-order valence-corrected chi connectivity index (χ3v) is 5.92. The van der Waals surface area contributed by atoms with Crippen LogP contribution in [-0.4, -0.2) is 30.0 Å². The Bertz CT molecular complexity index is 1550. The van der Waals surface area contributed by atoms with Crippen LogP contribution in [0.15, 0.2) is 88.6 Å². The van der Waals surface area contributed by atoms with E-state index in [1.54, 1.807) is 24.3 Å². The summed E-state index contributed by atoms with van der Waals surface area (Å²) in [5.41, 5.74) is 5.07. The van der Waals surface area contributed by atoms with E-state index in [4.69, 9.17) is 5.14 Å². The summed E-state index contributed by atoms with van der Waals surface area (Å²) in [7, 11) is -3.90. The second-order valence-corrected chi connectivity index (χ2v) is 8.88. The Labute approximate surface area is 194 Å². The summed E-state index contributed by atoms with van der Waals surface area (Å²) in [6.07, 6.45) is 0. The molecule has 0 radical (unpaired) electrons. The summed E-state index contributed by atoms with van der Waals surface area (Å²) in [5, 5.41) is 9.93. The molecule has 4 N–H and O–H groups in total. The number of nitrogens with two attached hydrogens (primary N) is 1. The lowest BCUT2D eigenvalue weighted by atomic mass is 10.1. The lowest BCUT2D eigenvalue weighted by molar-refractivity contribution is 0.0843. The molecule has 11 heteroatoms. The molecule has 0 fully saturated rings. The molecule has 0 aliphatic rings. The molecule has 0 bridgehead atoms. The van der Waals surface area contributed by atoms with Crippen LogP contribution in [0.4, 0.5) is 0 Å². The Balaban J connectivity index is 1.59. The summed E-state index contributed by atoms with van der Waals surface area (Å²) < 4.78 is 23.9. The van der Waals surface area contributed by atoms with Gasteiger partial charge in [-0.3, -0.25) is 25.2 Å². The maximum atomic E-state index is 12.9. The molecule has 0 spiro atoms. The molecular weight excluding hydrogens is 458 g/mol. The van der Waals surface area contributed by atoms with E-state index in [0.29, 0.717) is 10.8 Å². The van der Waals surface area contributed by atoms with Gasteiger partial charge < -0.3 is 0 Å². The van der Waals surface area contributed by atoms with Crippen molar-refractivity contribution < 1.29 is 18.0 Å². The number of fused-ring (bicyclic) bond motifs is 1. The number of rotatable bonds is 5. The van der Waals surface area contributed by atoms with Gasteiger partial charge in [0.15, 0.2) is 5.69 Å². The van der Waals surface area contributed by atoms with Crippen molar-refractivity contribution in [3.63, 3.8) is 0 Å². The molecule has 172 valence electrons. The Morgan fingerprint density at radius 1 is 0.824 bits per heavy atom. The van der Waals surface area contributed by atoms with Crippen LogP contribution in [0.3, 0.4) is 0 Å². The van der Waals surface area contributed by atoms with Gasteiger partial charge in [-0.25, -0.2) is 18.2 Å². The van der Waals surface area contributed by atoms with Gasteiger partial charge in [0.05, 0.1) is 16.8 Å². The number of nitrogens with one attached hydrogen (secondary N) is 2. The average molecular weight is 478 g/mol. The number of primary sulfonamides is 1. The van der Waals surface area contributed by atoms with Gasteiger partial charge in [-0.2, -0.15) is 5.10 Å². The number of sulfonamides is 1. The van der Waals surface area contributed by atoms with Crippen LogP contribution < -0.4 is 21.5 Å². The van der Waals surface area contributed by atoms with E-state index in [1.807, 2.05) is 30.3 Å². The number of hydrogen-bond acceptors (Lipinski definition) is 6. The first kappa shape index (κ1) is 22.8. The molecule has 0 saturated heterocycles. The Hall–Kier alpha value is -4.35. The fraction of sp³-hybridized carbons (Fsp3) is 0.0435. The van der Waals surface area contributed by atoms with E-state index < -0.39 is 21.8 Å². The average Bonchev–Trinajstić information content (AvgIpc) is 2.84. The minimum absolute atomic E-state index is 0.0454. The van der Waals surface area contributed by atoms with E-state index in [-0.39, 0.29) is 28.3 Å². The molecule has 1 aromatic heterocycles. The highest BCUT2D eigenvalue weighted by atomic mass is 32.2. The van der Waals surface area contributed by atoms with Gasteiger partial charge in [-0.05, 0) is 35.9 Å². The van der Waals surface area contributed by atoms with Gasteiger partial charge in [0, 0.05) is 10.9 Å². The SMILES string of the molecule is NS(=O)(=O)c1ccc(C(=O)NNC(=O)c2nn(Cc3ccccc3)c(=O)c3ccccc23)cc1. The minimum Gasteiger partial charge on any atom is -0.267 e. The lowest BCUT2D eigenvalue weighted by Crippen LogP contribution is -2.42. The van der Waals surface area contributed by atoms with Crippen molar-refractivity contribution in [2.45, 2.75) is 11.4 Å². The van der Waals surface area contributed by atoms with Crippen molar-refractivity contribution in [2.75, 3.05) is 0 Å². The molecule has 4 aromatic rings. The normalized spacial score (nSPS) is 11.2. The second-order valence-electron chi connectivity index (χ2n) is 7.32. The zero-order valence-corrected chi connectivity index (χ0v) is 18.5. The summed E-state index contributed by atoms with van der Waals surface area (Å²) in [6.45, 7) is 0.160. The summed E-state index contributed by atoms with van der Waals surface area (Å²) >= 11 is 0. The maximum absolute atomic E-state index is 12.9. The smallest absolute Gasteiger partial charge is 0.267 e. The van der Waals surface area contributed by atoms with E-state index in [1.165, 1.54) is 28.9 Å². The molecule has 1 heterocycles. The molecule has 0 unspecified atom stereocenters. The number of hydrogen-bond donors (Lipinski definition) is 3. The topological polar surface area (TPSA) is 153 Å². The standard InChI is InChI=1S/C23H19N5O5S/c24-34(32,33)17-12-10-16(11-13-17)21(29)25-26-22(30)20-18-8-4-5-9-19(18)23(31)28(27-20)14-15-6-2-1-3-7-15/h1-13H,14H2,(H,25,29)(H,26,30)(H2,24,32,33). The fourth-order valence-electron chi connectivity index (χ4n) is 3.31. The molecule has 0 aliphatic carbocycles. The Morgan fingerprint density at radius 2 is 1.41 bits per heavy atom. The van der Waals surface area contributed by atoms with Crippen molar-refractivity contribution in [3.8, 4) is 0 Å². The zero-order chi connectivity index (χ0) is 24.3. The number of amides is 2. The van der Waals surface area contributed by atoms with Crippen LogP contribution >= 0.6 is 0 Å². The van der Waals surface area contributed by atoms with E-state index in [2.05, 4.69) is 16.0 Å². The fourth-order valence-corrected chi connectivity index (χ4v) is 3.82. The number of hydrazine groups is 1. The highest BCUT2D eigenvalue weighted by molar-refractivity contribution is 7.89. The van der Waals surface area contributed by atoms with Crippen LogP contribution in [-0.2, 0) is 16.6 Å². The lowest BCUT2D eigenvalue weighted by Gasteiger charge is -2.12. The first-order valence-electron chi connectivity index (χ1n) is 10.0. The van der Waals surface area contributed by atoms with Crippen LogP contribution in [0.1, 0.15) is 26.4 Å². The van der Waals surface area contributed by atoms with E-state index >= 15 is 0 Å². The molecule has 10 nitrogen and oxygen atoms in total. The molecule has 3 aromatic carbocycles. The van der Waals surface area contributed by atoms with E-state index in [0.717, 1.165) is 5.56 Å². The largest absolute Gasteiger partial charge is 0.290 e. The van der Waals surface area contributed by atoms with Crippen molar-refractivity contribution in [1.82, 2.24) is 20.6 Å². The maximum Gasteiger partial charge on any atom is 0.290 e. The van der Waals surface area contributed by atoms with Crippen LogP contribution in [0.5, 0.6) is 0 Å². The van der Waals surface area contributed by atoms with Gasteiger partial charge in [-0.15, -0.1) is 0 Å². The van der Waals surface area contributed by atoms with Crippen molar-refractivity contribution in [3.05, 3.63) is 106 Å². The highest BCUT2D eigenvalue weighted by Crippen LogP contribution is 2.14. The quantitative estimate of drug-likeness (QED) is 0.367. The third kappa shape index (κ3) is 4.85. The number of aromatic nitrogens is 2. The van der Waals surface area contributed by atoms with Gasteiger partial charge in [0.2, 0.25) is 10.0 Å². The van der Waals surface area contributed by atoms with Crippen LogP contribution in [0.25, 0.3) is 10.8 Å². The molecule has 34 heavy (non-hydrogen) atoms. The number of nitrogens with zero attached hydrogens (tertiary/aromatic N) is 2. The predicted octanol–water partition coefficient (Wildman–Crippen LogP) is 1.17. The van der Waals surface area contributed by atoms with Gasteiger partial charge >= 0.3 is 0 Å². The molecule has 0 saturated carbocycles. The van der Waals surface area contributed by atoms with Crippen LogP contribution in [0.2, 0.25) is 0 Å².